The van der Waals surface area contributed by atoms with Crippen molar-refractivity contribution in [2.75, 3.05) is 5.32 Å². The average Bonchev–Trinajstić information content (AvgIpc) is 2.24. The summed E-state index contributed by atoms with van der Waals surface area (Å²) in [5.74, 6) is 1.05. The van der Waals surface area contributed by atoms with Crippen molar-refractivity contribution in [1.82, 2.24) is 4.98 Å². The second-order valence-electron chi connectivity index (χ2n) is 4.30. The molecule has 0 spiro atoms. The quantitative estimate of drug-likeness (QED) is 0.880. The summed E-state index contributed by atoms with van der Waals surface area (Å²) in [7, 11) is 0. The molecule has 0 atom stereocenters. The van der Waals surface area contributed by atoms with Gasteiger partial charge >= 0.3 is 0 Å². The van der Waals surface area contributed by atoms with Crippen LogP contribution in [0.15, 0.2) is 16.7 Å². The van der Waals surface area contributed by atoms with Crippen LogP contribution < -0.4 is 5.32 Å². The highest BCUT2D eigenvalue weighted by atomic mass is 79.9. The summed E-state index contributed by atoms with van der Waals surface area (Å²) in [5, 5.41) is 3.54. The summed E-state index contributed by atoms with van der Waals surface area (Å²) in [4.78, 5) is 4.41. The summed E-state index contributed by atoms with van der Waals surface area (Å²) in [6.07, 6.45) is 8.54. The third kappa shape index (κ3) is 2.94. The van der Waals surface area contributed by atoms with Crippen LogP contribution in [-0.2, 0) is 0 Å². The Morgan fingerprint density at radius 2 is 2.07 bits per heavy atom. The molecule has 3 heteroatoms. The fourth-order valence-electron chi connectivity index (χ4n) is 2.13. The van der Waals surface area contributed by atoms with Gasteiger partial charge in [0.15, 0.2) is 0 Å². The van der Waals surface area contributed by atoms with E-state index >= 15 is 0 Å². The van der Waals surface area contributed by atoms with Crippen molar-refractivity contribution in [2.45, 2.75) is 45.1 Å². The van der Waals surface area contributed by atoms with E-state index in [9.17, 15) is 0 Å². The van der Waals surface area contributed by atoms with Crippen LogP contribution in [0.5, 0.6) is 0 Å². The van der Waals surface area contributed by atoms with Gasteiger partial charge in [0.05, 0.1) is 0 Å². The molecule has 0 aromatic carbocycles. The smallest absolute Gasteiger partial charge is 0.129 e. The van der Waals surface area contributed by atoms with E-state index in [0.717, 1.165) is 10.3 Å². The van der Waals surface area contributed by atoms with Gasteiger partial charge in [-0.3, -0.25) is 0 Å². The maximum absolute atomic E-state index is 4.41. The highest BCUT2D eigenvalue weighted by molar-refractivity contribution is 9.10. The van der Waals surface area contributed by atoms with Gasteiger partial charge in [-0.15, -0.1) is 0 Å². The number of aromatic nitrogens is 1. The Morgan fingerprint density at radius 3 is 2.73 bits per heavy atom. The number of aryl methyl sites for hydroxylation is 1. The van der Waals surface area contributed by atoms with Crippen LogP contribution in [0.1, 0.15) is 37.7 Å². The number of hydrogen-bond donors (Lipinski definition) is 1. The summed E-state index contributed by atoms with van der Waals surface area (Å²) in [6.45, 7) is 2.10. The van der Waals surface area contributed by atoms with Gasteiger partial charge in [0.1, 0.15) is 5.82 Å². The number of anilines is 1. The van der Waals surface area contributed by atoms with Crippen LogP contribution in [0.25, 0.3) is 0 Å². The first kappa shape index (κ1) is 10.9. The Morgan fingerprint density at radius 1 is 1.33 bits per heavy atom. The monoisotopic (exact) mass is 268 g/mol. The standard InChI is InChI=1S/C12H17BrN2/c1-9-7-10(13)8-14-12(9)15-11-5-3-2-4-6-11/h7-8,11H,2-6H2,1H3,(H,14,15). The van der Waals surface area contributed by atoms with Gasteiger partial charge < -0.3 is 5.32 Å². The molecule has 1 fully saturated rings. The van der Waals surface area contributed by atoms with Gasteiger partial charge in [0, 0.05) is 16.7 Å². The zero-order valence-corrected chi connectivity index (χ0v) is 10.7. The zero-order valence-electron chi connectivity index (χ0n) is 9.09. The molecule has 0 amide bonds. The molecule has 1 aromatic rings. The van der Waals surface area contributed by atoms with Gasteiger partial charge in [-0.25, -0.2) is 4.98 Å². The molecule has 0 saturated heterocycles. The lowest BCUT2D eigenvalue weighted by molar-refractivity contribution is 0.461. The molecule has 0 unspecified atom stereocenters. The number of nitrogens with zero attached hydrogens (tertiary/aromatic N) is 1. The molecular weight excluding hydrogens is 252 g/mol. The molecule has 1 aliphatic carbocycles. The molecular formula is C12H17BrN2. The molecule has 1 N–H and O–H groups in total. The Balaban J connectivity index is 2.03. The molecule has 1 saturated carbocycles. The Hall–Kier alpha value is -0.570. The summed E-state index contributed by atoms with van der Waals surface area (Å²) in [5.41, 5.74) is 1.22. The highest BCUT2D eigenvalue weighted by Gasteiger charge is 2.14. The Kier molecular flexibility index (Phi) is 3.62. The van der Waals surface area contributed by atoms with Crippen LogP contribution in [0.2, 0.25) is 0 Å². The van der Waals surface area contributed by atoms with E-state index < -0.39 is 0 Å². The van der Waals surface area contributed by atoms with E-state index in [-0.39, 0.29) is 0 Å². The predicted octanol–water partition coefficient (Wildman–Crippen LogP) is 3.90. The Bertz CT molecular complexity index is 332. The molecule has 0 radical (unpaired) electrons. The van der Waals surface area contributed by atoms with E-state index in [1.54, 1.807) is 0 Å². The topological polar surface area (TPSA) is 24.9 Å². The van der Waals surface area contributed by atoms with E-state index in [1.165, 1.54) is 37.7 Å². The zero-order chi connectivity index (χ0) is 10.7. The van der Waals surface area contributed by atoms with E-state index in [0.29, 0.717) is 6.04 Å². The fraction of sp³-hybridized carbons (Fsp3) is 0.583. The first-order valence-corrected chi connectivity index (χ1v) is 6.43. The first-order valence-electron chi connectivity index (χ1n) is 5.64. The number of halogens is 1. The van der Waals surface area contributed by atoms with Crippen molar-refractivity contribution >= 4 is 21.7 Å². The van der Waals surface area contributed by atoms with Gasteiger partial charge in [-0.1, -0.05) is 19.3 Å². The molecule has 82 valence electrons. The molecule has 2 nitrogen and oxygen atoms in total. The van der Waals surface area contributed by atoms with Crippen LogP contribution in [0.4, 0.5) is 5.82 Å². The van der Waals surface area contributed by atoms with Gasteiger partial charge in [-0.05, 0) is 47.3 Å². The number of nitrogens with one attached hydrogen (secondary N) is 1. The van der Waals surface area contributed by atoms with Crippen LogP contribution in [0.3, 0.4) is 0 Å². The van der Waals surface area contributed by atoms with E-state index in [2.05, 4.69) is 39.2 Å². The lowest BCUT2D eigenvalue weighted by atomic mass is 9.95. The van der Waals surface area contributed by atoms with E-state index in [4.69, 9.17) is 0 Å². The number of hydrogen-bond acceptors (Lipinski definition) is 2. The lowest BCUT2D eigenvalue weighted by Crippen LogP contribution is -2.23. The SMILES string of the molecule is Cc1cc(Br)cnc1NC1CCCCC1. The lowest BCUT2D eigenvalue weighted by Gasteiger charge is -2.24. The van der Waals surface area contributed by atoms with Gasteiger partial charge in [0.25, 0.3) is 0 Å². The highest BCUT2D eigenvalue weighted by Crippen LogP contribution is 2.23. The molecule has 0 aliphatic heterocycles. The second-order valence-corrected chi connectivity index (χ2v) is 5.21. The van der Waals surface area contributed by atoms with Gasteiger partial charge in [0.2, 0.25) is 0 Å². The molecule has 1 heterocycles. The molecule has 1 aromatic heterocycles. The maximum Gasteiger partial charge on any atom is 0.129 e. The average molecular weight is 269 g/mol. The van der Waals surface area contributed by atoms with Gasteiger partial charge in [-0.2, -0.15) is 0 Å². The predicted molar refractivity (Wildman–Crippen MR) is 67.2 cm³/mol. The summed E-state index contributed by atoms with van der Waals surface area (Å²) in [6, 6.07) is 2.74. The number of rotatable bonds is 2. The minimum atomic E-state index is 0.631. The van der Waals surface area contributed by atoms with Crippen LogP contribution in [0, 0.1) is 6.92 Å². The number of pyridine rings is 1. The van der Waals surface area contributed by atoms with E-state index in [1.807, 2.05) is 6.20 Å². The maximum atomic E-state index is 4.41. The molecule has 1 aliphatic rings. The van der Waals surface area contributed by atoms with Crippen molar-refractivity contribution in [3.05, 3.63) is 22.3 Å². The van der Waals surface area contributed by atoms with Crippen molar-refractivity contribution < 1.29 is 0 Å². The van der Waals surface area contributed by atoms with Crippen molar-refractivity contribution in [1.29, 1.82) is 0 Å². The third-order valence-electron chi connectivity index (χ3n) is 2.99. The summed E-state index contributed by atoms with van der Waals surface area (Å²) >= 11 is 3.43. The molecule has 0 bridgehead atoms. The fourth-order valence-corrected chi connectivity index (χ4v) is 2.58. The minimum absolute atomic E-state index is 0.631. The van der Waals surface area contributed by atoms with Crippen molar-refractivity contribution in [3.63, 3.8) is 0 Å². The Labute approximate surface area is 99.6 Å². The van der Waals surface area contributed by atoms with Crippen molar-refractivity contribution in [2.24, 2.45) is 0 Å². The van der Waals surface area contributed by atoms with Crippen LogP contribution >= 0.6 is 15.9 Å². The largest absolute Gasteiger partial charge is 0.367 e. The normalized spacial score (nSPS) is 17.7. The molecule has 2 rings (SSSR count). The second kappa shape index (κ2) is 4.97. The minimum Gasteiger partial charge on any atom is -0.367 e. The third-order valence-corrected chi connectivity index (χ3v) is 3.42. The first-order chi connectivity index (χ1) is 7.25. The van der Waals surface area contributed by atoms with Crippen molar-refractivity contribution in [3.8, 4) is 0 Å². The molecule has 15 heavy (non-hydrogen) atoms. The van der Waals surface area contributed by atoms with Crippen LogP contribution in [-0.4, -0.2) is 11.0 Å². The summed E-state index contributed by atoms with van der Waals surface area (Å²) < 4.78 is 1.05.